The Hall–Kier alpha value is -2.02. The molecule has 108 valence electrons. The van der Waals surface area contributed by atoms with Crippen molar-refractivity contribution in [3.8, 4) is 11.8 Å². The number of hydrogen-bond donors (Lipinski definition) is 1. The fraction of sp³-hybridized carbons (Fsp3) is 0.500. The average Bonchev–Trinajstić information content (AvgIpc) is 2.40. The Labute approximate surface area is 120 Å². The van der Waals surface area contributed by atoms with E-state index in [4.69, 9.17) is 10.00 Å². The molecule has 0 saturated heterocycles. The van der Waals surface area contributed by atoms with Crippen molar-refractivity contribution in [2.24, 2.45) is 5.92 Å². The molecule has 1 N–H and O–H groups in total. The van der Waals surface area contributed by atoms with Gasteiger partial charge in [-0.25, -0.2) is 0 Å². The normalized spacial score (nSPS) is 11.8. The highest BCUT2D eigenvalue weighted by Gasteiger charge is 2.11. The molecular formula is C16H22N2O2. The Morgan fingerprint density at radius 2 is 1.95 bits per heavy atom. The van der Waals surface area contributed by atoms with E-state index in [9.17, 15) is 4.79 Å². The van der Waals surface area contributed by atoms with E-state index in [2.05, 4.69) is 5.32 Å². The molecule has 0 saturated carbocycles. The zero-order valence-corrected chi connectivity index (χ0v) is 12.3. The van der Waals surface area contributed by atoms with Gasteiger partial charge in [0, 0.05) is 18.9 Å². The molecule has 0 radical (unpaired) electrons. The maximum absolute atomic E-state index is 11.6. The minimum atomic E-state index is -0.248. The highest BCUT2D eigenvalue weighted by Crippen LogP contribution is 2.14. The second-order valence-electron chi connectivity index (χ2n) is 5.11. The Balaban J connectivity index is 2.35. The number of nitriles is 1. The molecule has 1 rings (SSSR count). The van der Waals surface area contributed by atoms with Gasteiger partial charge in [0.25, 0.3) is 0 Å². The van der Waals surface area contributed by atoms with Crippen molar-refractivity contribution < 1.29 is 9.53 Å². The van der Waals surface area contributed by atoms with Crippen LogP contribution in [-0.2, 0) is 11.2 Å². The molecule has 4 nitrogen and oxygen atoms in total. The van der Waals surface area contributed by atoms with Crippen LogP contribution in [-0.4, -0.2) is 18.6 Å². The molecular weight excluding hydrogens is 252 g/mol. The summed E-state index contributed by atoms with van der Waals surface area (Å²) in [5.41, 5.74) is 1.15. The number of hydrogen-bond acceptors (Lipinski definition) is 3. The van der Waals surface area contributed by atoms with E-state index in [0.29, 0.717) is 6.54 Å². The number of rotatable bonds is 7. The molecule has 1 unspecified atom stereocenters. The molecule has 4 heteroatoms. The lowest BCUT2D eigenvalue weighted by molar-refractivity contribution is -0.124. The molecule has 0 aliphatic heterocycles. The minimum absolute atomic E-state index is 0.0636. The molecule has 0 aliphatic carbocycles. The van der Waals surface area contributed by atoms with Crippen molar-refractivity contribution in [2.45, 2.75) is 39.7 Å². The van der Waals surface area contributed by atoms with Gasteiger partial charge in [0.15, 0.2) is 0 Å². The Bertz CT molecular complexity index is 460. The summed E-state index contributed by atoms with van der Waals surface area (Å²) in [6, 6.07) is 9.89. The van der Waals surface area contributed by atoms with E-state index in [1.807, 2.05) is 44.2 Å². The molecule has 1 aromatic carbocycles. The maximum atomic E-state index is 11.6. The fourth-order valence-corrected chi connectivity index (χ4v) is 1.74. The van der Waals surface area contributed by atoms with Crippen LogP contribution in [0.3, 0.4) is 0 Å². The van der Waals surface area contributed by atoms with Gasteiger partial charge in [0.1, 0.15) is 5.75 Å². The molecule has 1 aromatic rings. The van der Waals surface area contributed by atoms with Crippen LogP contribution in [0.1, 0.15) is 32.8 Å². The number of nitrogens with one attached hydrogen (secondary N) is 1. The Morgan fingerprint density at radius 1 is 1.30 bits per heavy atom. The van der Waals surface area contributed by atoms with Gasteiger partial charge in [0.2, 0.25) is 5.91 Å². The number of benzene rings is 1. The largest absolute Gasteiger partial charge is 0.491 e. The average molecular weight is 274 g/mol. The highest BCUT2D eigenvalue weighted by molar-refractivity contribution is 5.78. The number of carbonyl (C=O) groups excluding carboxylic acids is 1. The first-order valence-corrected chi connectivity index (χ1v) is 6.93. The molecule has 0 aromatic heterocycles. The molecule has 0 aliphatic rings. The van der Waals surface area contributed by atoms with Crippen molar-refractivity contribution in [3.05, 3.63) is 29.8 Å². The summed E-state index contributed by atoms with van der Waals surface area (Å²) < 4.78 is 5.57. The molecule has 0 fully saturated rings. The van der Waals surface area contributed by atoms with Gasteiger partial charge in [-0.1, -0.05) is 19.1 Å². The quantitative estimate of drug-likeness (QED) is 0.831. The highest BCUT2D eigenvalue weighted by atomic mass is 16.5. The number of nitrogens with zero attached hydrogens (tertiary/aromatic N) is 1. The van der Waals surface area contributed by atoms with Crippen molar-refractivity contribution in [3.63, 3.8) is 0 Å². The van der Waals surface area contributed by atoms with Gasteiger partial charge in [-0.3, -0.25) is 4.79 Å². The van der Waals surface area contributed by atoms with E-state index in [1.54, 1.807) is 6.92 Å². The predicted octanol–water partition coefficient (Wildman–Crippen LogP) is 2.68. The maximum Gasteiger partial charge on any atom is 0.223 e. The predicted molar refractivity (Wildman–Crippen MR) is 78.3 cm³/mol. The van der Waals surface area contributed by atoms with Crippen LogP contribution in [0, 0.1) is 17.2 Å². The molecule has 1 atom stereocenters. The van der Waals surface area contributed by atoms with Gasteiger partial charge < -0.3 is 10.1 Å². The smallest absolute Gasteiger partial charge is 0.223 e. The van der Waals surface area contributed by atoms with Crippen LogP contribution in [0.5, 0.6) is 5.75 Å². The summed E-state index contributed by atoms with van der Waals surface area (Å²) >= 11 is 0. The molecule has 0 spiro atoms. The topological polar surface area (TPSA) is 62.1 Å². The molecule has 20 heavy (non-hydrogen) atoms. The minimum Gasteiger partial charge on any atom is -0.491 e. The second-order valence-corrected chi connectivity index (χ2v) is 5.11. The summed E-state index contributed by atoms with van der Waals surface area (Å²) in [7, 11) is 0. The van der Waals surface area contributed by atoms with Crippen molar-refractivity contribution in [1.82, 2.24) is 5.32 Å². The molecule has 0 heterocycles. The zero-order valence-electron chi connectivity index (χ0n) is 12.3. The van der Waals surface area contributed by atoms with Crippen LogP contribution < -0.4 is 10.1 Å². The monoisotopic (exact) mass is 274 g/mol. The number of ether oxygens (including phenoxy) is 1. The van der Waals surface area contributed by atoms with Crippen molar-refractivity contribution in [2.75, 3.05) is 6.54 Å². The van der Waals surface area contributed by atoms with E-state index in [-0.39, 0.29) is 24.3 Å². The van der Waals surface area contributed by atoms with Crippen molar-refractivity contribution in [1.29, 1.82) is 5.26 Å². The van der Waals surface area contributed by atoms with Crippen molar-refractivity contribution >= 4 is 5.91 Å². The lowest BCUT2D eigenvalue weighted by Gasteiger charge is -2.11. The summed E-state index contributed by atoms with van der Waals surface area (Å²) in [6.45, 7) is 6.33. The standard InChI is InChI=1S/C16H22N2O2/c1-12(2)20-15-6-4-14(5-7-15)9-11-18-16(19)13(3)8-10-17/h4-7,12-13H,8-9,11H2,1-3H3,(H,18,19). The van der Waals surface area contributed by atoms with Gasteiger partial charge in [-0.15, -0.1) is 0 Å². The molecule has 0 bridgehead atoms. The van der Waals surface area contributed by atoms with E-state index >= 15 is 0 Å². The van der Waals surface area contributed by atoms with E-state index in [0.717, 1.165) is 17.7 Å². The van der Waals surface area contributed by atoms with E-state index in [1.165, 1.54) is 0 Å². The van der Waals surface area contributed by atoms with Crippen LogP contribution in [0.25, 0.3) is 0 Å². The van der Waals surface area contributed by atoms with Gasteiger partial charge in [-0.2, -0.15) is 5.26 Å². The SMILES string of the molecule is CC(C)Oc1ccc(CCNC(=O)C(C)CC#N)cc1. The Morgan fingerprint density at radius 3 is 2.50 bits per heavy atom. The first-order valence-electron chi connectivity index (χ1n) is 6.93. The van der Waals surface area contributed by atoms with Crippen LogP contribution in [0.2, 0.25) is 0 Å². The lowest BCUT2D eigenvalue weighted by Crippen LogP contribution is -2.30. The fourth-order valence-electron chi connectivity index (χ4n) is 1.74. The third-order valence-electron chi connectivity index (χ3n) is 2.85. The summed E-state index contributed by atoms with van der Waals surface area (Å²) in [5, 5.41) is 11.4. The lowest BCUT2D eigenvalue weighted by atomic mass is 10.1. The van der Waals surface area contributed by atoms with Gasteiger partial charge in [0.05, 0.1) is 12.2 Å². The summed E-state index contributed by atoms with van der Waals surface area (Å²) in [4.78, 5) is 11.6. The van der Waals surface area contributed by atoms with Crippen LogP contribution in [0.4, 0.5) is 0 Å². The van der Waals surface area contributed by atoms with Crippen LogP contribution in [0.15, 0.2) is 24.3 Å². The van der Waals surface area contributed by atoms with Gasteiger partial charge in [-0.05, 0) is 38.0 Å². The third-order valence-corrected chi connectivity index (χ3v) is 2.85. The van der Waals surface area contributed by atoms with Gasteiger partial charge >= 0.3 is 0 Å². The first kappa shape index (κ1) is 16.0. The second kappa shape index (κ2) is 8.21. The van der Waals surface area contributed by atoms with E-state index < -0.39 is 0 Å². The summed E-state index contributed by atoms with van der Waals surface area (Å²) in [5.74, 6) is 0.545. The molecule has 1 amide bonds. The third kappa shape index (κ3) is 5.75. The Kier molecular flexibility index (Phi) is 6.58. The first-order chi connectivity index (χ1) is 9.52. The summed E-state index contributed by atoms with van der Waals surface area (Å²) in [6.07, 6.45) is 1.20. The zero-order chi connectivity index (χ0) is 15.0. The van der Waals surface area contributed by atoms with Crippen LogP contribution >= 0.6 is 0 Å². The number of carbonyl (C=O) groups is 1. The number of amides is 1.